The average Bonchev–Trinajstić information content (AvgIpc) is 3.35. The number of piperidine rings is 2. The quantitative estimate of drug-likeness (QED) is 0.529. The number of aromatic amines is 1. The summed E-state index contributed by atoms with van der Waals surface area (Å²) in [5, 5.41) is 5.89. The Morgan fingerprint density at radius 1 is 1.12 bits per heavy atom. The first-order chi connectivity index (χ1) is 15.9. The van der Waals surface area contributed by atoms with Crippen LogP contribution in [0.3, 0.4) is 0 Å². The molecule has 0 aliphatic carbocycles. The Hall–Kier alpha value is -3.17. The van der Waals surface area contributed by atoms with Crippen molar-refractivity contribution >= 4 is 23.6 Å². The molecule has 2 saturated heterocycles. The summed E-state index contributed by atoms with van der Waals surface area (Å²) in [5.74, 6) is -0.0635. The zero-order chi connectivity index (χ0) is 23.4. The minimum Gasteiger partial charge on any atom is -0.351 e. The summed E-state index contributed by atoms with van der Waals surface area (Å²) in [6.07, 6.45) is 10.4. The van der Waals surface area contributed by atoms with Gasteiger partial charge in [0.25, 0.3) is 5.91 Å². The highest BCUT2D eigenvalue weighted by Gasteiger charge is 2.41. The zero-order valence-corrected chi connectivity index (χ0v) is 19.0. The Morgan fingerprint density at radius 3 is 2.61 bits per heavy atom. The number of aromatic nitrogens is 2. The third kappa shape index (κ3) is 5.09. The molecule has 10 nitrogen and oxygen atoms in total. The fraction of sp³-hybridized carbons (Fsp3) is 0.609. The molecule has 0 saturated carbocycles. The van der Waals surface area contributed by atoms with Gasteiger partial charge >= 0.3 is 0 Å². The van der Waals surface area contributed by atoms with E-state index in [-0.39, 0.29) is 42.1 Å². The Morgan fingerprint density at radius 2 is 1.91 bits per heavy atom. The van der Waals surface area contributed by atoms with Crippen molar-refractivity contribution in [3.63, 3.8) is 0 Å². The number of carbonyl (C=O) groups excluding carboxylic acids is 4. The van der Waals surface area contributed by atoms with Gasteiger partial charge in [0.15, 0.2) is 5.82 Å². The molecule has 4 amide bonds. The highest BCUT2D eigenvalue weighted by Crippen LogP contribution is 2.36. The second-order valence-electron chi connectivity index (χ2n) is 9.29. The van der Waals surface area contributed by atoms with Gasteiger partial charge in [0.2, 0.25) is 17.7 Å². The molecule has 3 aliphatic rings. The summed E-state index contributed by atoms with van der Waals surface area (Å²) in [6.45, 7) is 3.62. The van der Waals surface area contributed by atoms with Gasteiger partial charge in [-0.25, -0.2) is 4.98 Å². The van der Waals surface area contributed by atoms with Gasteiger partial charge < -0.3 is 25.4 Å². The van der Waals surface area contributed by atoms with Gasteiger partial charge in [-0.3, -0.25) is 19.2 Å². The number of hydrogen-bond acceptors (Lipinski definition) is 5. The number of hydrogen-bond donors (Lipinski definition) is 3. The van der Waals surface area contributed by atoms with Crippen molar-refractivity contribution in [3.05, 3.63) is 30.4 Å². The van der Waals surface area contributed by atoms with Crippen LogP contribution in [-0.2, 0) is 14.4 Å². The van der Waals surface area contributed by atoms with Crippen molar-refractivity contribution in [2.75, 3.05) is 32.7 Å². The predicted molar refractivity (Wildman–Crippen MR) is 120 cm³/mol. The minimum atomic E-state index is -0.616. The number of H-pyrrole nitrogens is 1. The maximum absolute atomic E-state index is 13.1. The van der Waals surface area contributed by atoms with Crippen LogP contribution in [0.5, 0.6) is 0 Å². The number of allylic oxidation sites excluding steroid dienone is 2. The summed E-state index contributed by atoms with van der Waals surface area (Å²) >= 11 is 0. The lowest BCUT2D eigenvalue weighted by molar-refractivity contribution is -0.140. The lowest BCUT2D eigenvalue weighted by atomic mass is 9.74. The molecule has 1 aromatic rings. The molecule has 3 N–H and O–H groups in total. The van der Waals surface area contributed by atoms with Gasteiger partial charge in [0.1, 0.15) is 0 Å². The molecule has 1 spiro atoms. The predicted octanol–water partition coefficient (Wildman–Crippen LogP) is 0.452. The number of carbonyl (C=O) groups is 4. The van der Waals surface area contributed by atoms with E-state index in [9.17, 15) is 19.2 Å². The largest absolute Gasteiger partial charge is 0.351 e. The van der Waals surface area contributed by atoms with Crippen molar-refractivity contribution < 1.29 is 19.2 Å². The van der Waals surface area contributed by atoms with E-state index < -0.39 is 5.41 Å². The monoisotopic (exact) mass is 456 g/mol. The molecule has 4 heterocycles. The van der Waals surface area contributed by atoms with Crippen LogP contribution in [0.2, 0.25) is 0 Å². The molecule has 0 radical (unpaired) electrons. The van der Waals surface area contributed by atoms with Crippen LogP contribution in [-0.4, -0.2) is 82.2 Å². The van der Waals surface area contributed by atoms with Crippen LogP contribution in [0.4, 0.5) is 0 Å². The van der Waals surface area contributed by atoms with Crippen LogP contribution in [0.1, 0.15) is 49.6 Å². The van der Waals surface area contributed by atoms with E-state index in [1.165, 1.54) is 0 Å². The summed E-state index contributed by atoms with van der Waals surface area (Å²) < 4.78 is 0. The summed E-state index contributed by atoms with van der Waals surface area (Å²) in [4.78, 5) is 60.6. The maximum Gasteiger partial charge on any atom is 0.289 e. The Balaban J connectivity index is 1.47. The van der Waals surface area contributed by atoms with E-state index in [0.717, 1.165) is 0 Å². The van der Waals surface area contributed by atoms with Crippen LogP contribution >= 0.6 is 0 Å². The van der Waals surface area contributed by atoms with E-state index in [2.05, 4.69) is 32.8 Å². The molecular weight excluding hydrogens is 424 g/mol. The van der Waals surface area contributed by atoms with Crippen molar-refractivity contribution in [3.8, 4) is 0 Å². The highest BCUT2D eigenvalue weighted by atomic mass is 16.2. The third-order valence-corrected chi connectivity index (χ3v) is 7.24. The molecule has 0 unspecified atom stereocenters. The Bertz CT molecular complexity index is 919. The molecule has 3 aliphatic heterocycles. The summed E-state index contributed by atoms with van der Waals surface area (Å²) in [5.41, 5.74) is -0.616. The molecular formula is C23H32N6O4. The number of amides is 4. The van der Waals surface area contributed by atoms with Crippen molar-refractivity contribution in [1.82, 2.24) is 30.4 Å². The van der Waals surface area contributed by atoms with Crippen LogP contribution < -0.4 is 10.6 Å². The van der Waals surface area contributed by atoms with Gasteiger partial charge in [-0.05, 0) is 32.1 Å². The topological polar surface area (TPSA) is 128 Å². The van der Waals surface area contributed by atoms with Gasteiger partial charge in [-0.1, -0.05) is 12.2 Å². The average molecular weight is 457 g/mol. The molecule has 0 bridgehead atoms. The molecule has 2 fully saturated rings. The van der Waals surface area contributed by atoms with Gasteiger partial charge in [-0.2, -0.15) is 0 Å². The molecule has 0 aromatic carbocycles. The number of fused-ring (bicyclic) bond motifs is 1. The first-order valence-electron chi connectivity index (χ1n) is 11.6. The van der Waals surface area contributed by atoms with Crippen molar-refractivity contribution in [2.24, 2.45) is 11.3 Å². The zero-order valence-electron chi connectivity index (χ0n) is 19.0. The number of imidazole rings is 1. The lowest BCUT2D eigenvalue weighted by Crippen LogP contribution is -2.55. The number of nitrogens with zero attached hydrogens (tertiary/aromatic N) is 3. The van der Waals surface area contributed by atoms with Crippen LogP contribution in [0.15, 0.2) is 24.5 Å². The first kappa shape index (κ1) is 23.0. The normalized spacial score (nSPS) is 26.9. The first-order valence-corrected chi connectivity index (χ1v) is 11.6. The third-order valence-electron chi connectivity index (χ3n) is 7.24. The maximum atomic E-state index is 13.1. The Labute approximate surface area is 193 Å². The number of nitrogens with one attached hydrogen (secondary N) is 3. The number of likely N-dealkylation sites (tertiary alicyclic amines) is 2. The molecule has 10 heteroatoms. The molecule has 33 heavy (non-hydrogen) atoms. The smallest absolute Gasteiger partial charge is 0.289 e. The van der Waals surface area contributed by atoms with Gasteiger partial charge in [0, 0.05) is 57.5 Å². The SMILES string of the molecule is CC(=O)N1CCC2(C/C=C/C[C@H]3CN(C(=O)c4ncc[nH]4)CC[C@H]3NC(=O)CNC2=O)CC1. The second-order valence-corrected chi connectivity index (χ2v) is 9.29. The van der Waals surface area contributed by atoms with E-state index in [4.69, 9.17) is 0 Å². The van der Waals surface area contributed by atoms with Crippen LogP contribution in [0.25, 0.3) is 0 Å². The minimum absolute atomic E-state index is 0.0188. The van der Waals surface area contributed by atoms with Crippen LogP contribution in [0, 0.1) is 11.3 Å². The van der Waals surface area contributed by atoms with Crippen molar-refractivity contribution in [1.29, 1.82) is 0 Å². The number of rotatable bonds is 1. The van der Waals surface area contributed by atoms with Gasteiger partial charge in [0.05, 0.1) is 12.0 Å². The summed E-state index contributed by atoms with van der Waals surface area (Å²) in [7, 11) is 0. The van der Waals surface area contributed by atoms with E-state index in [1.807, 2.05) is 0 Å². The lowest BCUT2D eigenvalue weighted by Gasteiger charge is -2.41. The van der Waals surface area contributed by atoms with Crippen molar-refractivity contribution in [2.45, 2.75) is 45.1 Å². The second kappa shape index (κ2) is 9.76. The van der Waals surface area contributed by atoms with E-state index in [1.54, 1.807) is 29.1 Å². The fourth-order valence-corrected chi connectivity index (χ4v) is 5.14. The van der Waals surface area contributed by atoms with Gasteiger partial charge in [-0.15, -0.1) is 0 Å². The molecule has 2 atom stereocenters. The van der Waals surface area contributed by atoms with E-state index in [0.29, 0.717) is 64.1 Å². The Kier molecular flexibility index (Phi) is 6.80. The molecule has 178 valence electrons. The molecule has 4 rings (SSSR count). The summed E-state index contributed by atoms with van der Waals surface area (Å²) in [6, 6.07) is -0.0631. The standard InChI is InChI=1S/C23H32N6O4/c1-16(30)28-12-7-23(8-13-28)6-3-2-4-17-15-29(21(32)20-24-9-10-25-20)11-5-18(17)27-19(31)14-26-22(23)33/h2-3,9-10,17-18H,4-8,11-15H2,1H3,(H,24,25)(H,26,33)(H,27,31)/b3-2+/t17-,18+/m0/s1. The highest BCUT2D eigenvalue weighted by molar-refractivity contribution is 5.91. The fourth-order valence-electron chi connectivity index (χ4n) is 5.14. The molecule has 1 aromatic heterocycles. The van der Waals surface area contributed by atoms with E-state index >= 15 is 0 Å².